The fourth-order valence-corrected chi connectivity index (χ4v) is 2.02. The van der Waals surface area contributed by atoms with Crippen LogP contribution in [0.15, 0.2) is 0 Å². The van der Waals surface area contributed by atoms with Crippen LogP contribution in [0, 0.1) is 0 Å². The quantitative estimate of drug-likeness (QED) is 0.315. The van der Waals surface area contributed by atoms with Crippen LogP contribution in [0.25, 0.3) is 0 Å². The van der Waals surface area contributed by atoms with E-state index in [1.54, 1.807) is 0 Å². The lowest BCUT2D eigenvalue weighted by atomic mass is 10.1. The van der Waals surface area contributed by atoms with E-state index in [0.29, 0.717) is 12.2 Å². The lowest BCUT2D eigenvalue weighted by Crippen LogP contribution is -1.94. The van der Waals surface area contributed by atoms with Gasteiger partial charge in [0.1, 0.15) is 6.29 Å². The Labute approximate surface area is 93.4 Å². The van der Waals surface area contributed by atoms with Crippen LogP contribution in [-0.2, 0) is 9.53 Å². The molecule has 0 spiro atoms. The predicted molar refractivity (Wildman–Crippen MR) is 62.0 cm³/mol. The van der Waals surface area contributed by atoms with Crippen LogP contribution in [0.3, 0.4) is 0 Å². The maximum Gasteiger partial charge on any atom is 0.119 e. The molecule has 0 amide bonds. The Kier molecular flexibility index (Phi) is 6.66. The number of rotatable bonds is 10. The van der Waals surface area contributed by atoms with Gasteiger partial charge in [0.25, 0.3) is 0 Å². The van der Waals surface area contributed by atoms with Crippen molar-refractivity contribution in [3.05, 3.63) is 0 Å². The molecule has 0 radical (unpaired) electrons. The zero-order valence-electron chi connectivity index (χ0n) is 9.91. The number of unbranched alkanes of at least 4 members (excludes halogenated alkanes) is 5. The van der Waals surface area contributed by atoms with Crippen molar-refractivity contribution in [1.82, 2.24) is 0 Å². The van der Waals surface area contributed by atoms with Crippen molar-refractivity contribution in [3.8, 4) is 0 Å². The number of carbonyl (C=O) groups is 1. The summed E-state index contributed by atoms with van der Waals surface area (Å²) in [5, 5.41) is 0. The molecule has 2 unspecified atom stereocenters. The van der Waals surface area contributed by atoms with E-state index in [9.17, 15) is 4.79 Å². The van der Waals surface area contributed by atoms with Crippen molar-refractivity contribution in [3.63, 3.8) is 0 Å². The molecule has 0 N–H and O–H groups in total. The lowest BCUT2D eigenvalue weighted by Gasteiger charge is -1.97. The van der Waals surface area contributed by atoms with Gasteiger partial charge >= 0.3 is 0 Å². The molecule has 1 aliphatic rings. The molecular weight excluding hydrogens is 188 g/mol. The third-order valence-electron chi connectivity index (χ3n) is 3.09. The highest BCUT2D eigenvalue weighted by atomic mass is 16.6. The third-order valence-corrected chi connectivity index (χ3v) is 3.09. The molecule has 15 heavy (non-hydrogen) atoms. The highest BCUT2D eigenvalue weighted by Crippen LogP contribution is 2.31. The lowest BCUT2D eigenvalue weighted by molar-refractivity contribution is -0.107. The van der Waals surface area contributed by atoms with E-state index in [1.807, 2.05) is 0 Å². The normalized spacial score (nSPS) is 24.1. The van der Waals surface area contributed by atoms with Crippen LogP contribution in [0.4, 0.5) is 0 Å². The van der Waals surface area contributed by atoms with Gasteiger partial charge in [-0.05, 0) is 19.3 Å². The first kappa shape index (κ1) is 12.7. The summed E-state index contributed by atoms with van der Waals surface area (Å²) in [6.07, 6.45) is 12.8. The molecule has 1 aliphatic heterocycles. The van der Waals surface area contributed by atoms with Gasteiger partial charge < -0.3 is 9.53 Å². The van der Waals surface area contributed by atoms with Crippen LogP contribution in [0.5, 0.6) is 0 Å². The van der Waals surface area contributed by atoms with Gasteiger partial charge in [-0.3, -0.25) is 0 Å². The van der Waals surface area contributed by atoms with Crippen LogP contribution in [0.1, 0.15) is 64.7 Å². The van der Waals surface area contributed by atoms with E-state index in [4.69, 9.17) is 4.74 Å². The molecule has 2 atom stereocenters. The van der Waals surface area contributed by atoms with E-state index in [1.165, 1.54) is 44.9 Å². The molecule has 1 saturated heterocycles. The summed E-state index contributed by atoms with van der Waals surface area (Å²) in [4.78, 5) is 10.1. The molecule has 88 valence electrons. The van der Waals surface area contributed by atoms with Crippen molar-refractivity contribution in [2.75, 3.05) is 0 Å². The zero-order valence-corrected chi connectivity index (χ0v) is 9.91. The number of hydrogen-bond acceptors (Lipinski definition) is 2. The Bertz CT molecular complexity index is 168. The number of epoxide rings is 1. The van der Waals surface area contributed by atoms with Crippen molar-refractivity contribution in [2.45, 2.75) is 76.9 Å². The predicted octanol–water partition coefficient (Wildman–Crippen LogP) is 3.48. The van der Waals surface area contributed by atoms with Gasteiger partial charge in [0.15, 0.2) is 0 Å². The van der Waals surface area contributed by atoms with Crippen LogP contribution in [0.2, 0.25) is 0 Å². The molecule has 1 rings (SSSR count). The minimum absolute atomic E-state index is 0.572. The van der Waals surface area contributed by atoms with Crippen LogP contribution >= 0.6 is 0 Å². The number of hydrogen-bond donors (Lipinski definition) is 0. The molecule has 0 saturated carbocycles. The minimum atomic E-state index is 0.572. The van der Waals surface area contributed by atoms with Gasteiger partial charge in [-0.2, -0.15) is 0 Å². The highest BCUT2D eigenvalue weighted by Gasteiger charge is 2.36. The average Bonchev–Trinajstić information content (AvgIpc) is 2.99. The van der Waals surface area contributed by atoms with E-state index in [2.05, 4.69) is 6.92 Å². The summed E-state index contributed by atoms with van der Waals surface area (Å²) >= 11 is 0. The maximum atomic E-state index is 10.1. The van der Waals surface area contributed by atoms with Gasteiger partial charge in [0.05, 0.1) is 12.2 Å². The zero-order chi connectivity index (χ0) is 10.9. The molecule has 1 fully saturated rings. The van der Waals surface area contributed by atoms with E-state index < -0.39 is 0 Å². The highest BCUT2D eigenvalue weighted by molar-refractivity contribution is 5.48. The first-order valence-electron chi connectivity index (χ1n) is 6.47. The Morgan fingerprint density at radius 2 is 1.67 bits per heavy atom. The molecule has 0 aromatic carbocycles. The molecule has 2 heteroatoms. The van der Waals surface area contributed by atoms with Crippen molar-refractivity contribution >= 4 is 6.29 Å². The van der Waals surface area contributed by atoms with Crippen molar-refractivity contribution in [1.29, 1.82) is 0 Å². The van der Waals surface area contributed by atoms with E-state index >= 15 is 0 Å². The first-order chi connectivity index (χ1) is 7.38. The SMILES string of the molecule is CCCCC1OC1CCCCCCC=O. The molecule has 1 heterocycles. The van der Waals surface area contributed by atoms with Gasteiger partial charge in [-0.15, -0.1) is 0 Å². The van der Waals surface area contributed by atoms with E-state index in [-0.39, 0.29) is 0 Å². The maximum absolute atomic E-state index is 10.1. The van der Waals surface area contributed by atoms with Gasteiger partial charge in [0.2, 0.25) is 0 Å². The van der Waals surface area contributed by atoms with Crippen molar-refractivity contribution in [2.24, 2.45) is 0 Å². The third kappa shape index (κ3) is 5.93. The molecule has 0 aliphatic carbocycles. The summed E-state index contributed by atoms with van der Waals surface area (Å²) in [6.45, 7) is 2.23. The van der Waals surface area contributed by atoms with Crippen LogP contribution in [-0.4, -0.2) is 18.5 Å². The number of ether oxygens (including phenoxy) is 1. The van der Waals surface area contributed by atoms with Gasteiger partial charge in [0, 0.05) is 6.42 Å². The summed E-state index contributed by atoms with van der Waals surface area (Å²) in [5.41, 5.74) is 0. The second-order valence-electron chi connectivity index (χ2n) is 4.51. The number of carbonyl (C=O) groups excluding carboxylic acids is 1. The Balaban J connectivity index is 1.80. The summed E-state index contributed by atoms with van der Waals surface area (Å²) < 4.78 is 5.59. The Morgan fingerprint density at radius 3 is 2.33 bits per heavy atom. The summed E-state index contributed by atoms with van der Waals surface area (Å²) in [6, 6.07) is 0. The summed E-state index contributed by atoms with van der Waals surface area (Å²) in [7, 11) is 0. The molecular formula is C13H24O2. The van der Waals surface area contributed by atoms with Gasteiger partial charge in [-0.1, -0.05) is 39.0 Å². The molecule has 0 aromatic rings. The number of aldehydes is 1. The molecule has 0 aromatic heterocycles. The fraction of sp³-hybridized carbons (Fsp3) is 0.923. The monoisotopic (exact) mass is 212 g/mol. The second kappa shape index (κ2) is 7.86. The van der Waals surface area contributed by atoms with Crippen molar-refractivity contribution < 1.29 is 9.53 Å². The molecule has 2 nitrogen and oxygen atoms in total. The Hall–Kier alpha value is -0.370. The standard InChI is InChI=1S/C13H24O2/c1-2-3-9-12-13(15-12)10-7-5-4-6-8-11-14/h11-13H,2-10H2,1H3. The smallest absolute Gasteiger partial charge is 0.119 e. The minimum Gasteiger partial charge on any atom is -0.370 e. The first-order valence-corrected chi connectivity index (χ1v) is 6.47. The summed E-state index contributed by atoms with van der Waals surface area (Å²) in [5.74, 6) is 0. The van der Waals surface area contributed by atoms with Crippen LogP contribution < -0.4 is 0 Å². The average molecular weight is 212 g/mol. The largest absolute Gasteiger partial charge is 0.370 e. The second-order valence-corrected chi connectivity index (χ2v) is 4.51. The van der Waals surface area contributed by atoms with E-state index in [0.717, 1.165) is 19.1 Å². The van der Waals surface area contributed by atoms with Gasteiger partial charge in [-0.25, -0.2) is 0 Å². The Morgan fingerprint density at radius 1 is 1.00 bits per heavy atom. The topological polar surface area (TPSA) is 29.6 Å². The fourth-order valence-electron chi connectivity index (χ4n) is 2.02. The molecule has 0 bridgehead atoms.